The molecule has 6 nitrogen and oxygen atoms in total. The number of amides is 1. The third-order valence-electron chi connectivity index (χ3n) is 4.96. The lowest BCUT2D eigenvalue weighted by atomic mass is 10.1. The van der Waals surface area contributed by atoms with E-state index in [2.05, 4.69) is 5.10 Å². The van der Waals surface area contributed by atoms with Gasteiger partial charge < -0.3 is 9.32 Å². The van der Waals surface area contributed by atoms with Crippen LogP contribution in [0.1, 0.15) is 18.1 Å². The zero-order valence-electron chi connectivity index (χ0n) is 16.1. The van der Waals surface area contributed by atoms with Crippen LogP contribution in [0.4, 0.5) is 5.69 Å². The lowest BCUT2D eigenvalue weighted by Crippen LogP contribution is -2.34. The molecule has 0 saturated heterocycles. The van der Waals surface area contributed by atoms with E-state index in [1.54, 1.807) is 15.6 Å². The molecule has 0 atom stereocenters. The molecule has 0 radical (unpaired) electrons. The lowest BCUT2D eigenvalue weighted by molar-refractivity contribution is -0.119. The van der Waals surface area contributed by atoms with E-state index in [4.69, 9.17) is 4.42 Å². The Labute approximate surface area is 162 Å². The molecule has 142 valence electrons. The SMILES string of the molecule is CCN(C(=O)Cn1ncc2c(=O)oc3ccc(C)cc3c21)c1ccccc1C. The van der Waals surface area contributed by atoms with Gasteiger partial charge in [0.25, 0.3) is 0 Å². The second-order valence-electron chi connectivity index (χ2n) is 6.88. The molecule has 0 spiro atoms. The maximum atomic E-state index is 13.1. The van der Waals surface area contributed by atoms with Gasteiger partial charge in [0.15, 0.2) is 0 Å². The first-order valence-corrected chi connectivity index (χ1v) is 9.24. The maximum absolute atomic E-state index is 13.1. The first kappa shape index (κ1) is 18.0. The summed E-state index contributed by atoms with van der Waals surface area (Å²) in [5.41, 5.74) is 3.62. The zero-order valence-corrected chi connectivity index (χ0v) is 16.1. The predicted octanol–water partition coefficient (Wildman–Crippen LogP) is 3.81. The monoisotopic (exact) mass is 375 g/mol. The molecular weight excluding hydrogens is 354 g/mol. The molecule has 2 aromatic heterocycles. The number of fused-ring (bicyclic) bond motifs is 3. The molecule has 0 bridgehead atoms. The van der Waals surface area contributed by atoms with Crippen LogP contribution >= 0.6 is 0 Å². The van der Waals surface area contributed by atoms with Crippen LogP contribution in [0, 0.1) is 13.8 Å². The van der Waals surface area contributed by atoms with E-state index in [1.165, 1.54) is 6.20 Å². The van der Waals surface area contributed by atoms with Crippen LogP contribution < -0.4 is 10.5 Å². The van der Waals surface area contributed by atoms with Crippen molar-refractivity contribution in [2.24, 2.45) is 0 Å². The summed E-state index contributed by atoms with van der Waals surface area (Å²) in [4.78, 5) is 27.1. The number of carbonyl (C=O) groups excluding carboxylic acids is 1. The van der Waals surface area contributed by atoms with Crippen molar-refractivity contribution in [2.75, 3.05) is 11.4 Å². The van der Waals surface area contributed by atoms with Crippen LogP contribution in [-0.2, 0) is 11.3 Å². The van der Waals surface area contributed by atoms with E-state index < -0.39 is 5.63 Å². The van der Waals surface area contributed by atoms with Gasteiger partial charge in [0.1, 0.15) is 17.5 Å². The average Bonchev–Trinajstić information content (AvgIpc) is 3.09. The van der Waals surface area contributed by atoms with Gasteiger partial charge in [0.2, 0.25) is 5.91 Å². The number of aromatic nitrogens is 2. The van der Waals surface area contributed by atoms with Crippen molar-refractivity contribution in [2.45, 2.75) is 27.3 Å². The smallest absolute Gasteiger partial charge is 0.347 e. The topological polar surface area (TPSA) is 68.3 Å². The number of rotatable bonds is 4. The van der Waals surface area contributed by atoms with Gasteiger partial charge in [-0.05, 0) is 44.5 Å². The molecule has 0 aliphatic carbocycles. The fourth-order valence-electron chi connectivity index (χ4n) is 3.57. The zero-order chi connectivity index (χ0) is 19.8. The molecule has 0 aliphatic heterocycles. The van der Waals surface area contributed by atoms with E-state index in [9.17, 15) is 9.59 Å². The number of para-hydroxylation sites is 1. The summed E-state index contributed by atoms with van der Waals surface area (Å²) in [5, 5.41) is 5.47. The second kappa shape index (κ2) is 6.96. The van der Waals surface area contributed by atoms with Crippen molar-refractivity contribution in [3.05, 3.63) is 70.2 Å². The summed E-state index contributed by atoms with van der Waals surface area (Å²) in [6, 6.07) is 13.4. The first-order chi connectivity index (χ1) is 13.5. The predicted molar refractivity (Wildman–Crippen MR) is 110 cm³/mol. The normalized spacial score (nSPS) is 11.2. The number of carbonyl (C=O) groups is 1. The minimum Gasteiger partial charge on any atom is -0.422 e. The quantitative estimate of drug-likeness (QED) is 0.509. The van der Waals surface area contributed by atoms with Gasteiger partial charge in [-0.1, -0.05) is 29.8 Å². The molecule has 0 unspecified atom stereocenters. The Hall–Kier alpha value is -3.41. The van der Waals surface area contributed by atoms with Crippen LogP contribution in [0.15, 0.2) is 57.9 Å². The van der Waals surface area contributed by atoms with Gasteiger partial charge >= 0.3 is 5.63 Å². The van der Waals surface area contributed by atoms with Crippen LogP contribution in [0.2, 0.25) is 0 Å². The highest BCUT2D eigenvalue weighted by Gasteiger charge is 2.20. The van der Waals surface area contributed by atoms with Gasteiger partial charge in [0, 0.05) is 17.6 Å². The van der Waals surface area contributed by atoms with Crippen molar-refractivity contribution < 1.29 is 9.21 Å². The molecule has 2 aromatic carbocycles. The third-order valence-corrected chi connectivity index (χ3v) is 4.96. The summed E-state index contributed by atoms with van der Waals surface area (Å²) in [6.07, 6.45) is 1.47. The Bertz CT molecular complexity index is 1250. The van der Waals surface area contributed by atoms with E-state index in [0.29, 0.717) is 23.0 Å². The molecule has 1 amide bonds. The third kappa shape index (κ3) is 2.97. The van der Waals surface area contributed by atoms with Crippen LogP contribution in [0.25, 0.3) is 21.9 Å². The minimum atomic E-state index is -0.448. The highest BCUT2D eigenvalue weighted by molar-refractivity contribution is 6.03. The molecule has 0 saturated carbocycles. The van der Waals surface area contributed by atoms with Crippen LogP contribution in [0.5, 0.6) is 0 Å². The van der Waals surface area contributed by atoms with Crippen LogP contribution in [-0.4, -0.2) is 22.2 Å². The van der Waals surface area contributed by atoms with Crippen molar-refractivity contribution >= 4 is 33.5 Å². The Kier molecular flexibility index (Phi) is 4.47. The first-order valence-electron chi connectivity index (χ1n) is 9.24. The number of hydrogen-bond donors (Lipinski definition) is 0. The number of anilines is 1. The molecule has 0 fully saturated rings. The van der Waals surface area contributed by atoms with Gasteiger partial charge in [-0.3, -0.25) is 9.48 Å². The fraction of sp³-hybridized carbons (Fsp3) is 0.227. The van der Waals surface area contributed by atoms with E-state index in [-0.39, 0.29) is 12.5 Å². The lowest BCUT2D eigenvalue weighted by Gasteiger charge is -2.23. The van der Waals surface area contributed by atoms with E-state index in [1.807, 2.05) is 57.2 Å². The number of nitrogens with zero attached hydrogens (tertiary/aromatic N) is 3. The molecule has 4 aromatic rings. The standard InChI is InChI=1S/C22H21N3O3/c1-4-24(18-8-6-5-7-15(18)3)20(26)13-25-21-16-11-14(2)9-10-19(16)28-22(27)17(21)12-23-25/h5-12H,4,13H2,1-3H3. The molecule has 28 heavy (non-hydrogen) atoms. The van der Waals surface area contributed by atoms with Gasteiger partial charge in [0.05, 0.1) is 11.7 Å². The molecule has 0 aliphatic rings. The maximum Gasteiger partial charge on any atom is 0.347 e. The Morgan fingerprint density at radius 1 is 1.14 bits per heavy atom. The number of likely N-dealkylation sites (N-methyl/N-ethyl adjacent to an activating group) is 1. The molecular formula is C22H21N3O3. The van der Waals surface area contributed by atoms with Crippen molar-refractivity contribution in [3.63, 3.8) is 0 Å². The number of hydrogen-bond acceptors (Lipinski definition) is 4. The molecule has 4 rings (SSSR count). The van der Waals surface area contributed by atoms with Gasteiger partial charge in [-0.15, -0.1) is 0 Å². The Balaban J connectivity index is 1.80. The largest absolute Gasteiger partial charge is 0.422 e. The summed E-state index contributed by atoms with van der Waals surface area (Å²) in [6.45, 7) is 6.48. The van der Waals surface area contributed by atoms with Crippen molar-refractivity contribution in [1.29, 1.82) is 0 Å². The van der Waals surface area contributed by atoms with Crippen molar-refractivity contribution in [3.8, 4) is 0 Å². The van der Waals surface area contributed by atoms with E-state index >= 15 is 0 Å². The second-order valence-corrected chi connectivity index (χ2v) is 6.88. The van der Waals surface area contributed by atoms with Crippen molar-refractivity contribution in [1.82, 2.24) is 9.78 Å². The average molecular weight is 375 g/mol. The molecule has 0 N–H and O–H groups in total. The minimum absolute atomic E-state index is 0.0399. The fourth-order valence-corrected chi connectivity index (χ4v) is 3.57. The Morgan fingerprint density at radius 2 is 1.93 bits per heavy atom. The van der Waals surface area contributed by atoms with Gasteiger partial charge in [-0.2, -0.15) is 5.10 Å². The Morgan fingerprint density at radius 3 is 2.68 bits per heavy atom. The summed E-state index contributed by atoms with van der Waals surface area (Å²) < 4.78 is 6.99. The van der Waals surface area contributed by atoms with Gasteiger partial charge in [-0.25, -0.2) is 4.79 Å². The summed E-state index contributed by atoms with van der Waals surface area (Å²) in [5.74, 6) is -0.0872. The summed E-state index contributed by atoms with van der Waals surface area (Å²) in [7, 11) is 0. The van der Waals surface area contributed by atoms with E-state index in [0.717, 1.165) is 22.2 Å². The number of aryl methyl sites for hydroxylation is 2. The highest BCUT2D eigenvalue weighted by Crippen LogP contribution is 2.25. The number of benzene rings is 2. The molecule has 6 heteroatoms. The summed E-state index contributed by atoms with van der Waals surface area (Å²) >= 11 is 0. The highest BCUT2D eigenvalue weighted by atomic mass is 16.4. The van der Waals surface area contributed by atoms with Crippen LogP contribution in [0.3, 0.4) is 0 Å². The molecule has 2 heterocycles.